The van der Waals surface area contributed by atoms with Gasteiger partial charge in [0.2, 0.25) is 0 Å². The van der Waals surface area contributed by atoms with Crippen LogP contribution in [0.5, 0.6) is 0 Å². The lowest BCUT2D eigenvalue weighted by atomic mass is 9.99. The number of tetrazole rings is 1. The summed E-state index contributed by atoms with van der Waals surface area (Å²) in [7, 11) is 0. The van der Waals surface area contributed by atoms with Gasteiger partial charge >= 0.3 is 5.97 Å². The molecule has 0 fully saturated rings. The third-order valence-corrected chi connectivity index (χ3v) is 3.60. The van der Waals surface area contributed by atoms with Crippen LogP contribution in [-0.4, -0.2) is 42.6 Å². The van der Waals surface area contributed by atoms with E-state index in [0.29, 0.717) is 25.5 Å². The van der Waals surface area contributed by atoms with Crippen molar-refractivity contribution in [2.24, 2.45) is 0 Å². The standard InChI is InChI=1S/C16H18N6O2/c1-2-24-16(23)14(13-7-4-3-5-8-13)11-22-15(18-19-20-22)12-21-10-6-9-17-21/h3-10,14H,2,11-12H2,1H3. The maximum absolute atomic E-state index is 12.4. The maximum atomic E-state index is 12.4. The zero-order valence-electron chi connectivity index (χ0n) is 13.3. The lowest BCUT2D eigenvalue weighted by Gasteiger charge is -2.16. The second-order valence-corrected chi connectivity index (χ2v) is 5.20. The Morgan fingerprint density at radius 1 is 1.25 bits per heavy atom. The summed E-state index contributed by atoms with van der Waals surface area (Å²) in [6.45, 7) is 2.87. The highest BCUT2D eigenvalue weighted by Gasteiger charge is 2.24. The van der Waals surface area contributed by atoms with Gasteiger partial charge in [0.15, 0.2) is 5.82 Å². The third-order valence-electron chi connectivity index (χ3n) is 3.60. The fraction of sp³-hybridized carbons (Fsp3) is 0.312. The van der Waals surface area contributed by atoms with Gasteiger partial charge in [-0.1, -0.05) is 30.3 Å². The molecule has 124 valence electrons. The zero-order valence-corrected chi connectivity index (χ0v) is 13.3. The molecule has 0 bridgehead atoms. The minimum absolute atomic E-state index is 0.288. The first kappa shape index (κ1) is 15.9. The molecule has 0 aliphatic heterocycles. The van der Waals surface area contributed by atoms with Gasteiger partial charge in [-0.2, -0.15) is 5.10 Å². The third kappa shape index (κ3) is 3.65. The Kier molecular flexibility index (Phi) is 4.95. The Morgan fingerprint density at radius 2 is 2.08 bits per heavy atom. The van der Waals surface area contributed by atoms with Gasteiger partial charge in [-0.15, -0.1) is 5.10 Å². The number of carbonyl (C=O) groups is 1. The average Bonchev–Trinajstić information content (AvgIpc) is 3.26. The maximum Gasteiger partial charge on any atom is 0.315 e. The van der Waals surface area contributed by atoms with Crippen LogP contribution in [0.4, 0.5) is 0 Å². The van der Waals surface area contributed by atoms with Crippen molar-refractivity contribution < 1.29 is 9.53 Å². The van der Waals surface area contributed by atoms with Crippen LogP contribution < -0.4 is 0 Å². The van der Waals surface area contributed by atoms with Gasteiger partial charge in [-0.3, -0.25) is 9.48 Å². The number of esters is 1. The molecule has 8 heteroatoms. The van der Waals surface area contributed by atoms with E-state index in [4.69, 9.17) is 4.74 Å². The minimum atomic E-state index is -0.467. The van der Waals surface area contributed by atoms with Crippen LogP contribution in [0, 0.1) is 0 Å². The molecular formula is C16H18N6O2. The Labute approximate surface area is 139 Å². The normalized spacial score (nSPS) is 12.0. The van der Waals surface area contributed by atoms with E-state index < -0.39 is 5.92 Å². The van der Waals surface area contributed by atoms with Crippen LogP contribution in [0.2, 0.25) is 0 Å². The van der Waals surface area contributed by atoms with Gasteiger partial charge in [0, 0.05) is 12.4 Å². The van der Waals surface area contributed by atoms with Crippen molar-refractivity contribution in [1.82, 2.24) is 30.0 Å². The zero-order chi connectivity index (χ0) is 16.8. The Morgan fingerprint density at radius 3 is 2.79 bits per heavy atom. The summed E-state index contributed by atoms with van der Waals surface area (Å²) in [6, 6.07) is 11.3. The summed E-state index contributed by atoms with van der Waals surface area (Å²) in [4.78, 5) is 12.4. The van der Waals surface area contributed by atoms with E-state index in [1.165, 1.54) is 0 Å². The molecule has 8 nitrogen and oxygen atoms in total. The molecule has 24 heavy (non-hydrogen) atoms. The molecule has 0 amide bonds. The second-order valence-electron chi connectivity index (χ2n) is 5.20. The lowest BCUT2D eigenvalue weighted by molar-refractivity contribution is -0.145. The average molecular weight is 326 g/mol. The first-order valence-corrected chi connectivity index (χ1v) is 7.72. The van der Waals surface area contributed by atoms with Gasteiger partial charge in [0.05, 0.1) is 13.2 Å². The molecule has 0 spiro atoms. The molecule has 0 N–H and O–H groups in total. The molecule has 2 aromatic heterocycles. The highest BCUT2D eigenvalue weighted by molar-refractivity contribution is 5.78. The molecule has 0 aliphatic carbocycles. The SMILES string of the molecule is CCOC(=O)C(Cn1nnnc1Cn1cccn1)c1ccccc1. The van der Waals surface area contributed by atoms with Gasteiger partial charge < -0.3 is 4.74 Å². The van der Waals surface area contributed by atoms with E-state index in [0.717, 1.165) is 5.56 Å². The first-order chi connectivity index (χ1) is 11.8. The largest absolute Gasteiger partial charge is 0.465 e. The number of ether oxygens (including phenoxy) is 1. The number of benzene rings is 1. The fourth-order valence-corrected chi connectivity index (χ4v) is 2.43. The van der Waals surface area contributed by atoms with E-state index in [2.05, 4.69) is 20.6 Å². The summed E-state index contributed by atoms with van der Waals surface area (Å²) < 4.78 is 8.56. The van der Waals surface area contributed by atoms with Crippen molar-refractivity contribution in [3.63, 3.8) is 0 Å². The fourth-order valence-electron chi connectivity index (χ4n) is 2.43. The van der Waals surface area contributed by atoms with Crippen LogP contribution in [0.1, 0.15) is 24.2 Å². The van der Waals surface area contributed by atoms with Gasteiger partial charge in [0.1, 0.15) is 12.5 Å². The number of rotatable bonds is 7. The van der Waals surface area contributed by atoms with Crippen LogP contribution in [0.25, 0.3) is 0 Å². The highest BCUT2D eigenvalue weighted by Crippen LogP contribution is 2.20. The minimum Gasteiger partial charge on any atom is -0.465 e. The van der Waals surface area contributed by atoms with E-state index in [1.54, 1.807) is 22.5 Å². The molecule has 0 saturated heterocycles. The number of hydrogen-bond acceptors (Lipinski definition) is 6. The smallest absolute Gasteiger partial charge is 0.315 e. The monoisotopic (exact) mass is 326 g/mol. The van der Waals surface area contributed by atoms with Gasteiger partial charge in [-0.25, -0.2) is 4.68 Å². The predicted octanol–water partition coefficient (Wildman–Crippen LogP) is 1.26. The Hall–Kier alpha value is -3.03. The van der Waals surface area contributed by atoms with E-state index in [-0.39, 0.29) is 5.97 Å². The summed E-state index contributed by atoms with van der Waals surface area (Å²) in [5.41, 5.74) is 0.872. The van der Waals surface area contributed by atoms with Crippen LogP contribution in [0.3, 0.4) is 0 Å². The van der Waals surface area contributed by atoms with Crippen molar-refractivity contribution >= 4 is 5.97 Å². The summed E-state index contributed by atoms with van der Waals surface area (Å²) in [5, 5.41) is 15.9. The van der Waals surface area contributed by atoms with Crippen LogP contribution in [0.15, 0.2) is 48.8 Å². The molecule has 0 saturated carbocycles. The molecule has 3 rings (SSSR count). The molecule has 3 aromatic rings. The van der Waals surface area contributed by atoms with Crippen molar-refractivity contribution in [1.29, 1.82) is 0 Å². The van der Waals surface area contributed by atoms with Crippen molar-refractivity contribution in [3.8, 4) is 0 Å². The van der Waals surface area contributed by atoms with Gasteiger partial charge in [-0.05, 0) is 29.0 Å². The number of carbonyl (C=O) groups excluding carboxylic acids is 1. The second kappa shape index (κ2) is 7.49. The van der Waals surface area contributed by atoms with Crippen molar-refractivity contribution in [2.75, 3.05) is 6.61 Å². The summed E-state index contributed by atoms with van der Waals surface area (Å²) in [5.74, 6) is -0.126. The predicted molar refractivity (Wildman–Crippen MR) is 85.0 cm³/mol. The van der Waals surface area contributed by atoms with Crippen LogP contribution in [-0.2, 0) is 22.6 Å². The highest BCUT2D eigenvalue weighted by atomic mass is 16.5. The van der Waals surface area contributed by atoms with E-state index in [9.17, 15) is 4.79 Å². The van der Waals surface area contributed by atoms with Crippen LogP contribution >= 0.6 is 0 Å². The number of hydrogen-bond donors (Lipinski definition) is 0. The molecular weight excluding hydrogens is 308 g/mol. The lowest BCUT2D eigenvalue weighted by Crippen LogP contribution is -2.23. The molecule has 1 atom stereocenters. The molecule has 2 heterocycles. The molecule has 1 unspecified atom stereocenters. The number of nitrogens with zero attached hydrogens (tertiary/aromatic N) is 6. The Balaban J connectivity index is 1.83. The Bertz CT molecular complexity index is 769. The van der Waals surface area contributed by atoms with Gasteiger partial charge in [0.25, 0.3) is 0 Å². The molecule has 0 aliphatic rings. The quantitative estimate of drug-likeness (QED) is 0.608. The summed E-state index contributed by atoms with van der Waals surface area (Å²) >= 11 is 0. The van der Waals surface area contributed by atoms with Crippen molar-refractivity contribution in [3.05, 3.63) is 60.2 Å². The number of aromatic nitrogens is 6. The van der Waals surface area contributed by atoms with Crippen molar-refractivity contribution in [2.45, 2.75) is 25.9 Å². The molecule has 1 aromatic carbocycles. The molecule has 0 radical (unpaired) electrons. The van der Waals surface area contributed by atoms with E-state index in [1.807, 2.05) is 42.6 Å². The topological polar surface area (TPSA) is 87.7 Å². The summed E-state index contributed by atoms with van der Waals surface area (Å²) in [6.07, 6.45) is 3.53. The van der Waals surface area contributed by atoms with E-state index >= 15 is 0 Å². The first-order valence-electron chi connectivity index (χ1n) is 7.72.